The van der Waals surface area contributed by atoms with Gasteiger partial charge in [-0.05, 0) is 6.92 Å². The van der Waals surface area contributed by atoms with Gasteiger partial charge >= 0.3 is 5.82 Å². The normalized spacial score (nSPS) is 8.75. The highest BCUT2D eigenvalue weighted by molar-refractivity contribution is 4.93. The van der Waals surface area contributed by atoms with Crippen LogP contribution in [0.3, 0.4) is 0 Å². The molecule has 8 heteroatoms. The lowest BCUT2D eigenvalue weighted by Crippen LogP contribution is -2.27. The number of nitrogens with one attached hydrogen (secondary N) is 1. The molecule has 0 aromatic rings. The van der Waals surface area contributed by atoms with Crippen molar-refractivity contribution >= 4 is 0 Å². The van der Waals surface area contributed by atoms with Crippen molar-refractivity contribution in [1.82, 2.24) is 5.32 Å². The van der Waals surface area contributed by atoms with E-state index in [1.165, 1.54) is 0 Å². The Labute approximate surface area is 67.3 Å². The Kier molecular flexibility index (Phi) is 3.47. The second-order valence-corrected chi connectivity index (χ2v) is 1.78. The maximum atomic E-state index is 10.0. The number of nitro groups is 2. The van der Waals surface area contributed by atoms with Crippen LogP contribution in [0.25, 0.3) is 0 Å². The maximum absolute atomic E-state index is 10.0. The molecule has 0 saturated heterocycles. The minimum atomic E-state index is -1.23. The summed E-state index contributed by atoms with van der Waals surface area (Å²) in [6.07, 6.45) is 0. The van der Waals surface area contributed by atoms with Crippen LogP contribution >= 0.6 is 0 Å². The van der Waals surface area contributed by atoms with Gasteiger partial charge in [0.2, 0.25) is 0 Å². The summed E-state index contributed by atoms with van der Waals surface area (Å²) in [7, 11) is 0. The quantitative estimate of drug-likeness (QED) is 0.428. The predicted molar refractivity (Wildman–Crippen MR) is 38.9 cm³/mol. The monoisotopic (exact) mass is 176 g/mol. The highest BCUT2D eigenvalue weighted by atomic mass is 16.7. The number of hydrogen-bond acceptors (Lipinski definition) is 6. The summed E-state index contributed by atoms with van der Waals surface area (Å²) in [5, 5.41) is 22.4. The number of hydrogen-bond donors (Lipinski definition) is 2. The van der Waals surface area contributed by atoms with Gasteiger partial charge in [-0.2, -0.15) is 0 Å². The maximum Gasteiger partial charge on any atom is 0.599 e. The van der Waals surface area contributed by atoms with Crippen molar-refractivity contribution in [2.24, 2.45) is 5.73 Å². The number of rotatable bonds is 4. The SMILES string of the molecule is CCNC(N)=C([N+](=O)[O-])[N+](=O)[O-]. The Morgan fingerprint density at radius 2 is 1.83 bits per heavy atom. The van der Waals surface area contributed by atoms with Crippen LogP contribution in [0.2, 0.25) is 0 Å². The van der Waals surface area contributed by atoms with E-state index in [-0.39, 0.29) is 6.54 Å². The Bertz CT molecular complexity index is 219. The van der Waals surface area contributed by atoms with Gasteiger partial charge in [0.25, 0.3) is 5.82 Å². The lowest BCUT2D eigenvalue weighted by molar-refractivity contribution is -0.617. The van der Waals surface area contributed by atoms with Gasteiger partial charge in [-0.25, -0.2) is 0 Å². The van der Waals surface area contributed by atoms with Crippen molar-refractivity contribution in [3.05, 3.63) is 31.9 Å². The molecule has 3 N–H and O–H groups in total. The first kappa shape index (κ1) is 10.1. The molecule has 0 bridgehead atoms. The van der Waals surface area contributed by atoms with Gasteiger partial charge in [-0.1, -0.05) is 0 Å². The fourth-order valence-corrected chi connectivity index (χ4v) is 0.533. The molecule has 0 atom stereocenters. The van der Waals surface area contributed by atoms with Crippen LogP contribution < -0.4 is 11.1 Å². The van der Waals surface area contributed by atoms with Crippen LogP contribution in [0.15, 0.2) is 11.6 Å². The highest BCUT2D eigenvalue weighted by Crippen LogP contribution is 1.97. The van der Waals surface area contributed by atoms with E-state index in [0.29, 0.717) is 0 Å². The van der Waals surface area contributed by atoms with Crippen molar-refractivity contribution < 1.29 is 9.85 Å². The molecular weight excluding hydrogens is 168 g/mol. The molecule has 0 unspecified atom stereocenters. The number of nitrogens with two attached hydrogens (primary N) is 1. The van der Waals surface area contributed by atoms with Crippen LogP contribution in [0.5, 0.6) is 0 Å². The average molecular weight is 176 g/mol. The third kappa shape index (κ3) is 2.40. The Morgan fingerprint density at radius 3 is 2.08 bits per heavy atom. The summed E-state index contributed by atoms with van der Waals surface area (Å²) >= 11 is 0. The van der Waals surface area contributed by atoms with Gasteiger partial charge < -0.3 is 11.1 Å². The molecule has 0 amide bonds. The lowest BCUT2D eigenvalue weighted by Gasteiger charge is -1.97. The first-order valence-corrected chi connectivity index (χ1v) is 3.03. The molecule has 0 radical (unpaired) electrons. The van der Waals surface area contributed by atoms with E-state index in [0.717, 1.165) is 0 Å². The van der Waals surface area contributed by atoms with E-state index >= 15 is 0 Å². The molecule has 0 aromatic carbocycles. The molecule has 0 spiro atoms. The second kappa shape index (κ2) is 4.11. The first-order valence-electron chi connectivity index (χ1n) is 3.03. The molecule has 0 aromatic heterocycles. The fraction of sp³-hybridized carbons (Fsp3) is 0.500. The average Bonchev–Trinajstić information content (AvgIpc) is 1.85. The summed E-state index contributed by atoms with van der Waals surface area (Å²) < 4.78 is 0. The van der Waals surface area contributed by atoms with Gasteiger partial charge in [0.15, 0.2) is 0 Å². The first-order chi connectivity index (χ1) is 5.50. The molecule has 0 aliphatic carbocycles. The highest BCUT2D eigenvalue weighted by Gasteiger charge is 2.30. The molecular formula is C4H8N4O4. The topological polar surface area (TPSA) is 124 Å². The third-order valence-corrected chi connectivity index (χ3v) is 0.954. The van der Waals surface area contributed by atoms with Crippen LogP contribution in [0.1, 0.15) is 6.92 Å². The zero-order valence-electron chi connectivity index (χ0n) is 6.31. The Balaban J connectivity index is 4.80. The van der Waals surface area contributed by atoms with Gasteiger partial charge in [0.05, 0.1) is 0 Å². The van der Waals surface area contributed by atoms with Crippen molar-refractivity contribution in [3.8, 4) is 0 Å². The van der Waals surface area contributed by atoms with E-state index in [2.05, 4.69) is 5.32 Å². The summed E-state index contributed by atoms with van der Waals surface area (Å²) in [4.78, 5) is 17.8. The zero-order chi connectivity index (χ0) is 9.72. The van der Waals surface area contributed by atoms with E-state index < -0.39 is 21.5 Å². The molecule has 0 aliphatic rings. The van der Waals surface area contributed by atoms with Gasteiger partial charge in [0, 0.05) is 6.54 Å². The summed E-state index contributed by atoms with van der Waals surface area (Å²) in [6, 6.07) is 0. The van der Waals surface area contributed by atoms with Gasteiger partial charge in [0.1, 0.15) is 9.85 Å². The molecule has 0 heterocycles. The standard InChI is InChI=1S/C4H8N4O4/c1-2-6-3(5)4(7(9)10)8(11)12/h6H,2,5H2,1H3. The van der Waals surface area contributed by atoms with E-state index in [4.69, 9.17) is 5.73 Å². The molecule has 0 rings (SSSR count). The predicted octanol–water partition coefficient (Wildman–Crippen LogP) is -0.765. The minimum absolute atomic E-state index is 0.289. The number of nitrogens with zero attached hydrogens (tertiary/aromatic N) is 2. The van der Waals surface area contributed by atoms with Crippen molar-refractivity contribution in [1.29, 1.82) is 0 Å². The van der Waals surface area contributed by atoms with Crippen molar-refractivity contribution in [2.45, 2.75) is 6.92 Å². The van der Waals surface area contributed by atoms with Crippen LogP contribution in [-0.4, -0.2) is 16.4 Å². The van der Waals surface area contributed by atoms with E-state index in [9.17, 15) is 20.2 Å². The third-order valence-electron chi connectivity index (χ3n) is 0.954. The Morgan fingerprint density at radius 1 is 1.42 bits per heavy atom. The summed E-state index contributed by atoms with van der Waals surface area (Å²) in [5.41, 5.74) is 5.02. The van der Waals surface area contributed by atoms with Gasteiger partial charge in [-0.15, -0.1) is 0 Å². The lowest BCUT2D eigenvalue weighted by atomic mass is 10.6. The van der Waals surface area contributed by atoms with Crippen molar-refractivity contribution in [3.63, 3.8) is 0 Å². The van der Waals surface area contributed by atoms with Crippen LogP contribution in [-0.2, 0) is 0 Å². The second-order valence-electron chi connectivity index (χ2n) is 1.78. The summed E-state index contributed by atoms with van der Waals surface area (Å²) in [6.45, 7) is 1.90. The van der Waals surface area contributed by atoms with E-state index in [1.807, 2.05) is 0 Å². The molecule has 68 valence electrons. The zero-order valence-corrected chi connectivity index (χ0v) is 6.31. The summed E-state index contributed by atoms with van der Waals surface area (Å²) in [5.74, 6) is -1.76. The largest absolute Gasteiger partial charge is 0.599 e. The smallest absolute Gasteiger partial charge is 0.374 e. The molecule has 0 saturated carbocycles. The molecule has 8 nitrogen and oxygen atoms in total. The molecule has 12 heavy (non-hydrogen) atoms. The minimum Gasteiger partial charge on any atom is -0.374 e. The molecule has 0 aliphatic heterocycles. The van der Waals surface area contributed by atoms with Gasteiger partial charge in [-0.3, -0.25) is 20.2 Å². The van der Waals surface area contributed by atoms with Crippen LogP contribution in [0.4, 0.5) is 0 Å². The van der Waals surface area contributed by atoms with Crippen LogP contribution in [0, 0.1) is 20.2 Å². The molecule has 0 fully saturated rings. The Hall–Kier alpha value is -1.86. The fourth-order valence-electron chi connectivity index (χ4n) is 0.533. The van der Waals surface area contributed by atoms with Crippen molar-refractivity contribution in [2.75, 3.05) is 6.54 Å². The van der Waals surface area contributed by atoms with E-state index in [1.54, 1.807) is 6.92 Å².